The smallest absolute Gasteiger partial charge is 0.131 e. The van der Waals surface area contributed by atoms with Crippen LogP contribution in [0.25, 0.3) is 0 Å². The molecule has 0 saturated heterocycles. The van der Waals surface area contributed by atoms with Crippen molar-refractivity contribution in [2.24, 2.45) is 5.73 Å². The molecule has 0 aliphatic heterocycles. The Morgan fingerprint density at radius 1 is 0.889 bits per heavy atom. The number of ether oxygens (including phenoxy) is 1. The van der Waals surface area contributed by atoms with Gasteiger partial charge in [0.1, 0.15) is 11.5 Å². The van der Waals surface area contributed by atoms with Gasteiger partial charge in [0.15, 0.2) is 0 Å². The van der Waals surface area contributed by atoms with Crippen molar-refractivity contribution in [2.75, 3.05) is 6.61 Å². The van der Waals surface area contributed by atoms with Gasteiger partial charge in [0.05, 0.1) is 0 Å². The Kier molecular flexibility index (Phi) is 4.34. The number of rotatable bonds is 5. The largest absolute Gasteiger partial charge is 0.457 e. The van der Waals surface area contributed by atoms with Crippen LogP contribution < -0.4 is 10.5 Å². The van der Waals surface area contributed by atoms with Crippen LogP contribution in [0.2, 0.25) is 0 Å². The molecule has 3 nitrogen and oxygen atoms in total. The Hall–Kier alpha value is -1.84. The first-order valence-electron chi connectivity index (χ1n) is 5.99. The molecule has 94 valence electrons. The first kappa shape index (κ1) is 12.6. The van der Waals surface area contributed by atoms with Crippen molar-refractivity contribution >= 4 is 0 Å². The summed E-state index contributed by atoms with van der Waals surface area (Å²) in [7, 11) is 0. The first-order valence-corrected chi connectivity index (χ1v) is 5.99. The fraction of sp³-hybridized carbons (Fsp3) is 0.200. The minimum atomic E-state index is 0.110. The van der Waals surface area contributed by atoms with Gasteiger partial charge in [-0.25, -0.2) is 0 Å². The number of benzene rings is 2. The van der Waals surface area contributed by atoms with Crippen LogP contribution in [0.3, 0.4) is 0 Å². The van der Waals surface area contributed by atoms with Gasteiger partial charge in [-0.15, -0.1) is 0 Å². The molecule has 0 heterocycles. The molecular formula is C15H17NO2. The van der Waals surface area contributed by atoms with Crippen LogP contribution in [-0.2, 0) is 13.0 Å². The highest BCUT2D eigenvalue weighted by molar-refractivity contribution is 5.41. The van der Waals surface area contributed by atoms with Gasteiger partial charge >= 0.3 is 0 Å². The number of nitrogens with two attached hydrogens (primary N) is 1. The zero-order valence-electron chi connectivity index (χ0n) is 10.2. The maximum atomic E-state index is 9.04. The molecule has 0 radical (unpaired) electrons. The van der Waals surface area contributed by atoms with E-state index in [1.807, 2.05) is 48.5 Å². The van der Waals surface area contributed by atoms with Crippen LogP contribution in [0.4, 0.5) is 0 Å². The van der Waals surface area contributed by atoms with Gasteiger partial charge in [0, 0.05) is 18.7 Å². The Morgan fingerprint density at radius 3 is 2.06 bits per heavy atom. The number of hydrogen-bond donors (Lipinski definition) is 2. The van der Waals surface area contributed by atoms with Gasteiger partial charge in [-0.3, -0.25) is 0 Å². The van der Waals surface area contributed by atoms with E-state index in [0.717, 1.165) is 22.6 Å². The molecule has 2 rings (SSSR count). The van der Waals surface area contributed by atoms with E-state index in [1.54, 1.807) is 0 Å². The third kappa shape index (κ3) is 2.88. The van der Waals surface area contributed by atoms with E-state index in [4.69, 9.17) is 15.6 Å². The fourth-order valence-electron chi connectivity index (χ4n) is 1.82. The summed E-state index contributed by atoms with van der Waals surface area (Å²) >= 11 is 0. The summed E-state index contributed by atoms with van der Waals surface area (Å²) in [6.45, 7) is 0.553. The number of aliphatic hydroxyl groups is 1. The van der Waals surface area contributed by atoms with Crippen LogP contribution in [0, 0.1) is 0 Å². The number of aliphatic hydroxyl groups excluding tert-OH is 1. The number of hydrogen-bond acceptors (Lipinski definition) is 3. The van der Waals surface area contributed by atoms with E-state index in [2.05, 4.69) is 0 Å². The van der Waals surface area contributed by atoms with E-state index in [0.29, 0.717) is 13.0 Å². The van der Waals surface area contributed by atoms with Crippen molar-refractivity contribution in [3.05, 3.63) is 59.7 Å². The predicted molar refractivity (Wildman–Crippen MR) is 71.6 cm³/mol. The lowest BCUT2D eigenvalue weighted by Gasteiger charge is -2.12. The van der Waals surface area contributed by atoms with Crippen molar-refractivity contribution in [1.82, 2.24) is 0 Å². The molecule has 18 heavy (non-hydrogen) atoms. The standard InChI is InChI=1S/C15H17NO2/c16-11-13-6-2-4-8-15(13)18-14-7-3-1-5-12(14)9-10-17/h1-8,17H,9-11,16H2. The third-order valence-corrected chi connectivity index (χ3v) is 2.77. The van der Waals surface area contributed by atoms with E-state index in [9.17, 15) is 0 Å². The van der Waals surface area contributed by atoms with Crippen LogP contribution in [0.5, 0.6) is 11.5 Å². The summed E-state index contributed by atoms with van der Waals surface area (Å²) < 4.78 is 5.89. The van der Waals surface area contributed by atoms with Gasteiger partial charge in [-0.05, 0) is 24.1 Å². The first-order chi connectivity index (χ1) is 8.85. The second-order valence-corrected chi connectivity index (χ2v) is 4.00. The van der Waals surface area contributed by atoms with E-state index >= 15 is 0 Å². The zero-order valence-corrected chi connectivity index (χ0v) is 10.2. The summed E-state index contributed by atoms with van der Waals surface area (Å²) in [6, 6.07) is 15.4. The Morgan fingerprint density at radius 2 is 1.44 bits per heavy atom. The van der Waals surface area contributed by atoms with Crippen molar-refractivity contribution in [2.45, 2.75) is 13.0 Å². The number of para-hydroxylation sites is 2. The summed E-state index contributed by atoms with van der Waals surface area (Å²) in [5.74, 6) is 1.54. The summed E-state index contributed by atoms with van der Waals surface area (Å²) in [6.07, 6.45) is 0.584. The van der Waals surface area contributed by atoms with Gasteiger partial charge in [-0.2, -0.15) is 0 Å². The maximum absolute atomic E-state index is 9.04. The molecule has 0 unspecified atom stereocenters. The SMILES string of the molecule is NCc1ccccc1Oc1ccccc1CCO. The lowest BCUT2D eigenvalue weighted by molar-refractivity contribution is 0.298. The molecule has 0 aliphatic carbocycles. The van der Waals surface area contributed by atoms with Crippen molar-refractivity contribution in [1.29, 1.82) is 0 Å². The highest BCUT2D eigenvalue weighted by Crippen LogP contribution is 2.28. The molecule has 0 atom stereocenters. The van der Waals surface area contributed by atoms with E-state index in [-0.39, 0.29) is 6.61 Å². The van der Waals surface area contributed by atoms with Crippen molar-refractivity contribution < 1.29 is 9.84 Å². The van der Waals surface area contributed by atoms with Gasteiger partial charge in [0.2, 0.25) is 0 Å². The molecule has 2 aromatic rings. The summed E-state index contributed by atoms with van der Waals surface area (Å²) in [4.78, 5) is 0. The summed E-state index contributed by atoms with van der Waals surface area (Å²) in [5, 5.41) is 9.04. The normalized spacial score (nSPS) is 10.3. The van der Waals surface area contributed by atoms with Crippen LogP contribution >= 0.6 is 0 Å². The summed E-state index contributed by atoms with van der Waals surface area (Å²) in [5.41, 5.74) is 7.64. The van der Waals surface area contributed by atoms with Crippen molar-refractivity contribution in [3.63, 3.8) is 0 Å². The molecule has 0 aromatic heterocycles. The van der Waals surface area contributed by atoms with E-state index < -0.39 is 0 Å². The average Bonchev–Trinajstić information content (AvgIpc) is 2.42. The quantitative estimate of drug-likeness (QED) is 0.848. The molecule has 3 heteroatoms. The third-order valence-electron chi connectivity index (χ3n) is 2.77. The van der Waals surface area contributed by atoms with Crippen molar-refractivity contribution in [3.8, 4) is 11.5 Å². The molecular weight excluding hydrogens is 226 g/mol. The highest BCUT2D eigenvalue weighted by atomic mass is 16.5. The van der Waals surface area contributed by atoms with Crippen LogP contribution in [-0.4, -0.2) is 11.7 Å². The Bertz CT molecular complexity index is 511. The minimum absolute atomic E-state index is 0.110. The fourth-order valence-corrected chi connectivity index (χ4v) is 1.82. The van der Waals surface area contributed by atoms with Gasteiger partial charge < -0.3 is 15.6 Å². The Balaban J connectivity index is 2.28. The molecule has 0 amide bonds. The second kappa shape index (κ2) is 6.19. The van der Waals surface area contributed by atoms with Gasteiger partial charge in [0.25, 0.3) is 0 Å². The molecule has 3 N–H and O–H groups in total. The molecule has 0 saturated carbocycles. The van der Waals surface area contributed by atoms with Crippen LogP contribution in [0.15, 0.2) is 48.5 Å². The highest BCUT2D eigenvalue weighted by Gasteiger charge is 2.06. The monoisotopic (exact) mass is 243 g/mol. The lowest BCUT2D eigenvalue weighted by atomic mass is 10.1. The lowest BCUT2D eigenvalue weighted by Crippen LogP contribution is -2.00. The predicted octanol–water partition coefficient (Wildman–Crippen LogP) is 2.47. The molecule has 2 aromatic carbocycles. The Labute approximate surface area is 107 Å². The van der Waals surface area contributed by atoms with Crippen LogP contribution in [0.1, 0.15) is 11.1 Å². The topological polar surface area (TPSA) is 55.5 Å². The van der Waals surface area contributed by atoms with E-state index in [1.165, 1.54) is 0 Å². The van der Waals surface area contributed by atoms with Gasteiger partial charge in [-0.1, -0.05) is 36.4 Å². The zero-order chi connectivity index (χ0) is 12.8. The molecule has 0 bridgehead atoms. The minimum Gasteiger partial charge on any atom is -0.457 e. The second-order valence-electron chi connectivity index (χ2n) is 4.00. The average molecular weight is 243 g/mol. The molecule has 0 fully saturated rings. The molecule has 0 spiro atoms. The maximum Gasteiger partial charge on any atom is 0.131 e. The molecule has 0 aliphatic rings.